The van der Waals surface area contributed by atoms with Gasteiger partial charge in [-0.25, -0.2) is 14.7 Å². The summed E-state index contributed by atoms with van der Waals surface area (Å²) in [6, 6.07) is 18.9. The first-order valence-corrected chi connectivity index (χ1v) is 13.7. The van der Waals surface area contributed by atoms with Gasteiger partial charge in [-0.15, -0.1) is 4.65 Å². The fourth-order valence-corrected chi connectivity index (χ4v) is 5.30. The molecule has 1 amide bonds. The molecule has 12 heteroatoms. The van der Waals surface area contributed by atoms with E-state index in [0.29, 0.717) is 25.8 Å². The SMILES string of the molecule is COCC1(N(OCc2ccccc2)C(C)=O)CC[N+](CCc2ccccc2)(OC(=O)CC(O)(CC(=O)O)C(=O)O)CC1. The average molecular weight is 588 g/mol. The number of hydrogen-bond donors (Lipinski definition) is 3. The summed E-state index contributed by atoms with van der Waals surface area (Å²) in [5, 5.41) is 30.3. The number of amides is 1. The molecule has 1 fully saturated rings. The van der Waals surface area contributed by atoms with Crippen molar-refractivity contribution >= 4 is 23.8 Å². The number of carboxylic acids is 2. The van der Waals surface area contributed by atoms with Gasteiger partial charge in [-0.05, 0) is 11.1 Å². The molecule has 1 unspecified atom stereocenters. The van der Waals surface area contributed by atoms with Crippen LogP contribution in [-0.4, -0.2) is 93.3 Å². The lowest BCUT2D eigenvalue weighted by Crippen LogP contribution is -2.65. The Labute approximate surface area is 244 Å². The van der Waals surface area contributed by atoms with Crippen molar-refractivity contribution < 1.29 is 53.6 Å². The number of hydroxylamine groups is 5. The average Bonchev–Trinajstić information content (AvgIpc) is 2.94. The van der Waals surface area contributed by atoms with E-state index in [9.17, 15) is 29.4 Å². The van der Waals surface area contributed by atoms with Crippen LogP contribution >= 0.6 is 0 Å². The summed E-state index contributed by atoms with van der Waals surface area (Å²) in [5.74, 6) is -4.76. The van der Waals surface area contributed by atoms with Crippen molar-refractivity contribution in [1.29, 1.82) is 0 Å². The van der Waals surface area contributed by atoms with Crippen molar-refractivity contribution in [2.45, 2.75) is 56.8 Å². The monoisotopic (exact) mass is 587 g/mol. The van der Waals surface area contributed by atoms with E-state index in [4.69, 9.17) is 19.5 Å². The molecule has 1 aliphatic heterocycles. The lowest BCUT2D eigenvalue weighted by Gasteiger charge is -2.49. The Balaban J connectivity index is 1.84. The molecule has 3 N–H and O–H groups in total. The Kier molecular flexibility index (Phi) is 11.2. The summed E-state index contributed by atoms with van der Waals surface area (Å²) >= 11 is 0. The minimum Gasteiger partial charge on any atom is -0.481 e. The minimum absolute atomic E-state index is 0.158. The fourth-order valence-electron chi connectivity index (χ4n) is 5.30. The second kappa shape index (κ2) is 14.4. The number of aliphatic carboxylic acids is 2. The van der Waals surface area contributed by atoms with E-state index in [-0.39, 0.29) is 36.9 Å². The summed E-state index contributed by atoms with van der Waals surface area (Å²) in [6.07, 6.45) is -1.05. The summed E-state index contributed by atoms with van der Waals surface area (Å²) in [6.45, 7) is 2.51. The predicted octanol–water partition coefficient (Wildman–Crippen LogP) is 2.34. The van der Waals surface area contributed by atoms with Crippen LogP contribution in [0, 0.1) is 0 Å². The highest BCUT2D eigenvalue weighted by Crippen LogP contribution is 2.35. The van der Waals surface area contributed by atoms with Gasteiger partial charge in [0.2, 0.25) is 5.91 Å². The van der Waals surface area contributed by atoms with Crippen LogP contribution in [0.15, 0.2) is 60.7 Å². The molecule has 3 rings (SSSR count). The van der Waals surface area contributed by atoms with Crippen LogP contribution in [0.2, 0.25) is 0 Å². The van der Waals surface area contributed by atoms with Crippen molar-refractivity contribution in [2.24, 2.45) is 0 Å². The molecular formula is C30H39N2O10+. The fraction of sp³-hybridized carbons (Fsp3) is 0.467. The van der Waals surface area contributed by atoms with Crippen molar-refractivity contribution in [3.8, 4) is 0 Å². The van der Waals surface area contributed by atoms with Gasteiger partial charge in [-0.3, -0.25) is 19.3 Å². The van der Waals surface area contributed by atoms with E-state index < -0.39 is 41.9 Å². The van der Waals surface area contributed by atoms with Crippen LogP contribution in [0.25, 0.3) is 0 Å². The number of ether oxygens (including phenoxy) is 1. The largest absolute Gasteiger partial charge is 0.481 e. The first kappa shape index (κ1) is 32.7. The lowest BCUT2D eigenvalue weighted by atomic mass is 9.87. The first-order valence-electron chi connectivity index (χ1n) is 13.7. The van der Waals surface area contributed by atoms with Gasteiger partial charge in [0.1, 0.15) is 31.8 Å². The van der Waals surface area contributed by atoms with Crippen LogP contribution in [0.3, 0.4) is 0 Å². The summed E-state index contributed by atoms with van der Waals surface area (Å²) in [4.78, 5) is 60.6. The van der Waals surface area contributed by atoms with Crippen LogP contribution in [0.4, 0.5) is 0 Å². The number of carboxylic acid groups (broad SMARTS) is 2. The van der Waals surface area contributed by atoms with Gasteiger partial charge in [0, 0.05) is 33.3 Å². The van der Waals surface area contributed by atoms with Gasteiger partial charge in [-0.2, -0.15) is 0 Å². The topological polar surface area (TPSA) is 160 Å². The summed E-state index contributed by atoms with van der Waals surface area (Å²) in [7, 11) is 1.53. The maximum atomic E-state index is 13.0. The van der Waals surface area contributed by atoms with Gasteiger partial charge >= 0.3 is 17.9 Å². The van der Waals surface area contributed by atoms with Gasteiger partial charge in [0.25, 0.3) is 0 Å². The zero-order chi connectivity index (χ0) is 30.8. The van der Waals surface area contributed by atoms with Crippen molar-refractivity contribution in [1.82, 2.24) is 5.06 Å². The normalized spacial score (nSPS) is 21.6. The van der Waals surface area contributed by atoms with Crippen molar-refractivity contribution in [3.05, 3.63) is 71.8 Å². The molecule has 2 aromatic carbocycles. The Morgan fingerprint density at radius 1 is 0.929 bits per heavy atom. The molecule has 2 aromatic rings. The van der Waals surface area contributed by atoms with Crippen LogP contribution in [-0.2, 0) is 46.6 Å². The third-order valence-corrected chi connectivity index (χ3v) is 7.53. The Bertz CT molecular complexity index is 1220. The van der Waals surface area contributed by atoms with E-state index in [1.165, 1.54) is 19.1 Å². The van der Waals surface area contributed by atoms with E-state index in [0.717, 1.165) is 11.1 Å². The van der Waals surface area contributed by atoms with Gasteiger partial charge in [0.15, 0.2) is 5.60 Å². The molecule has 0 saturated carbocycles. The third-order valence-electron chi connectivity index (χ3n) is 7.53. The van der Waals surface area contributed by atoms with Crippen molar-refractivity contribution in [3.63, 3.8) is 0 Å². The number of likely N-dealkylation sites (tertiary alicyclic amines) is 1. The zero-order valence-electron chi connectivity index (χ0n) is 23.9. The molecule has 228 valence electrons. The molecule has 1 heterocycles. The minimum atomic E-state index is -2.82. The summed E-state index contributed by atoms with van der Waals surface area (Å²) in [5.41, 5.74) is -1.83. The number of carbonyl (C=O) groups is 4. The number of quaternary nitrogens is 1. The number of nitrogens with zero attached hydrogens (tertiary/aromatic N) is 2. The quantitative estimate of drug-likeness (QED) is 0.208. The Morgan fingerprint density at radius 3 is 2.00 bits per heavy atom. The molecule has 12 nitrogen and oxygen atoms in total. The third kappa shape index (κ3) is 8.58. The molecule has 0 spiro atoms. The van der Waals surface area contributed by atoms with Crippen LogP contribution in [0.5, 0.6) is 0 Å². The number of rotatable bonds is 15. The van der Waals surface area contributed by atoms with Gasteiger partial charge in [0.05, 0.1) is 19.4 Å². The number of piperidine rings is 1. The molecule has 0 aromatic heterocycles. The maximum Gasteiger partial charge on any atom is 0.370 e. The van der Waals surface area contributed by atoms with E-state index in [2.05, 4.69) is 0 Å². The zero-order valence-corrected chi connectivity index (χ0v) is 23.9. The number of methoxy groups -OCH3 is 1. The van der Waals surface area contributed by atoms with Crippen molar-refractivity contribution in [2.75, 3.05) is 33.4 Å². The molecular weight excluding hydrogens is 548 g/mol. The van der Waals surface area contributed by atoms with Crippen LogP contribution in [0.1, 0.15) is 43.7 Å². The van der Waals surface area contributed by atoms with E-state index in [1.54, 1.807) is 0 Å². The molecule has 1 saturated heterocycles. The lowest BCUT2D eigenvalue weighted by molar-refractivity contribution is -1.09. The second-order valence-electron chi connectivity index (χ2n) is 10.7. The molecule has 1 aliphatic rings. The Hall–Kier alpha value is -3.84. The maximum absolute atomic E-state index is 13.0. The highest BCUT2D eigenvalue weighted by Gasteiger charge is 2.51. The van der Waals surface area contributed by atoms with E-state index in [1.807, 2.05) is 60.7 Å². The second-order valence-corrected chi connectivity index (χ2v) is 10.7. The standard InChI is InChI=1S/C30H38N2O10/c1-23(33)31(41-21-25-11-7-4-8-12-25)29(22-40-2)14-17-32(18-15-29,16-13-24-9-5-3-6-10-24)42-27(36)20-30(39,28(37)38)19-26(34)35/h3-12,39H,13-22H2,1-2H3,(H-,34,35,37,38)/p+1. The molecule has 42 heavy (non-hydrogen) atoms. The predicted molar refractivity (Wildman–Crippen MR) is 148 cm³/mol. The molecule has 0 radical (unpaired) electrons. The van der Waals surface area contributed by atoms with E-state index >= 15 is 0 Å². The number of hydrogen-bond acceptors (Lipinski definition) is 8. The van der Waals surface area contributed by atoms with Gasteiger partial charge in [-0.1, -0.05) is 60.7 Å². The summed E-state index contributed by atoms with van der Waals surface area (Å²) < 4.78 is 5.32. The number of carbonyl (C=O) groups excluding carboxylic acids is 2. The Morgan fingerprint density at radius 2 is 1.50 bits per heavy atom. The smallest absolute Gasteiger partial charge is 0.370 e. The highest BCUT2D eigenvalue weighted by molar-refractivity contribution is 5.88. The van der Waals surface area contributed by atoms with Crippen LogP contribution < -0.4 is 0 Å². The molecule has 1 atom stereocenters. The first-order chi connectivity index (χ1) is 19.9. The van der Waals surface area contributed by atoms with Gasteiger partial charge < -0.3 is 20.1 Å². The molecule has 0 aliphatic carbocycles. The highest BCUT2D eigenvalue weighted by atomic mass is 16.7. The number of benzene rings is 2. The number of aliphatic hydroxyl groups is 1. The molecule has 0 bridgehead atoms.